The summed E-state index contributed by atoms with van der Waals surface area (Å²) < 4.78 is 29.5. The summed E-state index contributed by atoms with van der Waals surface area (Å²) in [5, 5.41) is 0.531. The van der Waals surface area contributed by atoms with E-state index in [0.29, 0.717) is 10.9 Å². The van der Waals surface area contributed by atoms with Crippen LogP contribution in [0.3, 0.4) is 0 Å². The number of fused-ring (bicyclic) bond motifs is 1. The van der Waals surface area contributed by atoms with Gasteiger partial charge in [0.2, 0.25) is 0 Å². The summed E-state index contributed by atoms with van der Waals surface area (Å²) in [4.78, 5) is 3.07. The Kier molecular flexibility index (Phi) is 3.69. The number of hydrogen-bond acceptors (Lipinski definition) is 2. The van der Waals surface area contributed by atoms with Crippen LogP contribution in [-0.4, -0.2) is 20.5 Å². The average Bonchev–Trinajstić information content (AvgIpc) is 2.68. The second-order valence-electron chi connectivity index (χ2n) is 5.48. The zero-order valence-corrected chi connectivity index (χ0v) is 12.3. The molecule has 0 aliphatic heterocycles. The molecule has 0 bridgehead atoms. The molecule has 1 aromatic carbocycles. The van der Waals surface area contributed by atoms with Crippen molar-refractivity contribution in [2.45, 2.75) is 32.4 Å². The van der Waals surface area contributed by atoms with Gasteiger partial charge in [0.1, 0.15) is 21.9 Å². The zero-order valence-electron chi connectivity index (χ0n) is 11.5. The predicted molar refractivity (Wildman–Crippen MR) is 78.5 cm³/mol. The van der Waals surface area contributed by atoms with Crippen molar-refractivity contribution in [1.82, 2.24) is 4.98 Å². The molecule has 0 fully saturated rings. The van der Waals surface area contributed by atoms with E-state index < -0.39 is 16.1 Å². The van der Waals surface area contributed by atoms with Crippen LogP contribution in [0, 0.1) is 12.7 Å². The van der Waals surface area contributed by atoms with Gasteiger partial charge in [0, 0.05) is 22.2 Å². The molecule has 1 heterocycles. The molecule has 1 N–H and O–H groups in total. The highest BCUT2D eigenvalue weighted by molar-refractivity contribution is 7.91. The minimum absolute atomic E-state index is 0.337. The average molecular weight is 280 g/mol. The van der Waals surface area contributed by atoms with Gasteiger partial charge in [-0.25, -0.2) is 4.39 Å². The highest BCUT2D eigenvalue weighted by Gasteiger charge is 2.26. The van der Waals surface area contributed by atoms with Crippen molar-refractivity contribution in [2.75, 3.05) is 0 Å². The van der Waals surface area contributed by atoms with Gasteiger partial charge in [0.25, 0.3) is 0 Å². The van der Waals surface area contributed by atoms with E-state index in [1.165, 1.54) is 6.21 Å². The fraction of sp³-hybridized carbons (Fsp3) is 0.357. The second kappa shape index (κ2) is 4.98. The van der Waals surface area contributed by atoms with Crippen LogP contribution in [0.25, 0.3) is 10.9 Å². The van der Waals surface area contributed by atoms with Gasteiger partial charge in [-0.3, -0.25) is 0 Å². The highest BCUT2D eigenvalue weighted by atomic mass is 32.2. The number of nitrogens with one attached hydrogen (secondary N) is 1. The smallest absolute Gasteiger partial charge is 0.144 e. The lowest BCUT2D eigenvalue weighted by atomic mass is 10.1. The van der Waals surface area contributed by atoms with Crippen molar-refractivity contribution in [1.29, 1.82) is 0 Å². The summed E-state index contributed by atoms with van der Waals surface area (Å²) in [5.74, 6) is -0.337. The molecule has 1 unspecified atom stereocenters. The molecule has 0 amide bonds. The fourth-order valence-corrected chi connectivity index (χ4v) is 2.21. The summed E-state index contributed by atoms with van der Waals surface area (Å²) in [6.07, 6.45) is 1.35. The molecule has 5 heteroatoms. The van der Waals surface area contributed by atoms with Crippen molar-refractivity contribution >= 4 is 28.5 Å². The van der Waals surface area contributed by atoms with Crippen LogP contribution in [0.1, 0.15) is 32.0 Å². The van der Waals surface area contributed by atoms with Crippen LogP contribution < -0.4 is 0 Å². The molecule has 1 atom stereocenters. The third-order valence-electron chi connectivity index (χ3n) is 2.71. The van der Waals surface area contributed by atoms with Crippen molar-refractivity contribution < 1.29 is 8.94 Å². The molecular formula is C14H17FN2OS. The van der Waals surface area contributed by atoms with Gasteiger partial charge in [0.05, 0.1) is 6.21 Å². The number of hydrogen-bond donors (Lipinski definition) is 1. The Bertz CT molecular complexity index is 628. The minimum atomic E-state index is -1.38. The van der Waals surface area contributed by atoms with E-state index >= 15 is 0 Å². The topological polar surface area (TPSA) is 51.2 Å². The largest absolute Gasteiger partial charge is 0.591 e. The monoisotopic (exact) mass is 280 g/mol. The van der Waals surface area contributed by atoms with E-state index in [4.69, 9.17) is 0 Å². The van der Waals surface area contributed by atoms with Gasteiger partial charge in [-0.15, -0.1) is 0 Å². The Morgan fingerprint density at radius 2 is 2.05 bits per heavy atom. The maximum absolute atomic E-state index is 14.2. The first kappa shape index (κ1) is 14.1. The third-order valence-corrected chi connectivity index (χ3v) is 4.06. The number of aryl methyl sites for hydroxylation is 1. The Morgan fingerprint density at radius 1 is 1.37 bits per heavy atom. The molecule has 2 rings (SSSR count). The zero-order chi connectivity index (χ0) is 14.2. The molecule has 0 aliphatic rings. The van der Waals surface area contributed by atoms with Gasteiger partial charge in [-0.2, -0.15) is 0 Å². The van der Waals surface area contributed by atoms with Crippen LogP contribution in [0.5, 0.6) is 0 Å². The van der Waals surface area contributed by atoms with Gasteiger partial charge in [-0.1, -0.05) is 4.40 Å². The molecule has 0 saturated heterocycles. The third kappa shape index (κ3) is 2.98. The van der Waals surface area contributed by atoms with E-state index in [1.54, 1.807) is 18.2 Å². The van der Waals surface area contributed by atoms with Gasteiger partial charge in [-0.05, 0) is 45.9 Å². The van der Waals surface area contributed by atoms with Crippen molar-refractivity contribution in [2.24, 2.45) is 4.40 Å². The highest BCUT2D eigenvalue weighted by Crippen LogP contribution is 2.22. The normalized spacial score (nSPS) is 14.4. The summed E-state index contributed by atoms with van der Waals surface area (Å²) >= 11 is -1.38. The summed E-state index contributed by atoms with van der Waals surface area (Å²) in [6.45, 7) is 7.36. The van der Waals surface area contributed by atoms with Crippen LogP contribution in [-0.2, 0) is 11.4 Å². The van der Waals surface area contributed by atoms with E-state index in [9.17, 15) is 8.94 Å². The standard InChI is InChI=1S/C14H17FN2OS/c1-9-7-11-12(17-9)6-5-10(13(11)15)8-16-19(18)14(2,3)4/h5-8,17H,1-4H3/b16-8+. The first-order chi connectivity index (χ1) is 8.79. The Labute approximate surface area is 115 Å². The number of benzene rings is 1. The Hall–Kier alpha value is -1.33. The van der Waals surface area contributed by atoms with E-state index in [2.05, 4.69) is 9.38 Å². The minimum Gasteiger partial charge on any atom is -0.591 e. The molecule has 0 aliphatic carbocycles. The van der Waals surface area contributed by atoms with Crippen LogP contribution in [0.15, 0.2) is 22.6 Å². The van der Waals surface area contributed by atoms with Crippen LogP contribution >= 0.6 is 0 Å². The first-order valence-electron chi connectivity index (χ1n) is 6.03. The summed E-state index contributed by atoms with van der Waals surface area (Å²) in [6, 6.07) is 5.19. The van der Waals surface area contributed by atoms with Gasteiger partial charge in [0.15, 0.2) is 0 Å². The lowest BCUT2D eigenvalue weighted by Crippen LogP contribution is -2.25. The van der Waals surface area contributed by atoms with E-state index in [1.807, 2.05) is 27.7 Å². The van der Waals surface area contributed by atoms with Crippen LogP contribution in [0.4, 0.5) is 4.39 Å². The maximum Gasteiger partial charge on any atom is 0.144 e. The molecule has 1 aromatic heterocycles. The molecule has 0 saturated carbocycles. The number of aromatic nitrogens is 1. The maximum atomic E-state index is 14.2. The molecule has 2 aromatic rings. The van der Waals surface area contributed by atoms with Crippen LogP contribution in [0.2, 0.25) is 0 Å². The van der Waals surface area contributed by atoms with Crippen molar-refractivity contribution in [3.63, 3.8) is 0 Å². The van der Waals surface area contributed by atoms with Gasteiger partial charge >= 0.3 is 0 Å². The molecule has 0 spiro atoms. The fourth-order valence-electron chi connectivity index (χ4n) is 1.69. The molecule has 3 nitrogen and oxygen atoms in total. The summed E-state index contributed by atoms with van der Waals surface area (Å²) in [5.41, 5.74) is 2.01. The van der Waals surface area contributed by atoms with Gasteiger partial charge < -0.3 is 9.54 Å². The molecule has 0 radical (unpaired) electrons. The lowest BCUT2D eigenvalue weighted by Gasteiger charge is -2.17. The Morgan fingerprint density at radius 3 is 2.68 bits per heavy atom. The first-order valence-corrected chi connectivity index (χ1v) is 7.13. The predicted octanol–water partition coefficient (Wildman–Crippen LogP) is 3.50. The van der Waals surface area contributed by atoms with Crippen molar-refractivity contribution in [3.8, 4) is 0 Å². The Balaban J connectivity index is 2.36. The SMILES string of the molecule is Cc1cc2c(F)c(/C=N/[S+]([O-])C(C)(C)C)ccc2[nH]1. The number of aromatic amines is 1. The van der Waals surface area contributed by atoms with Crippen molar-refractivity contribution in [3.05, 3.63) is 35.3 Å². The quantitative estimate of drug-likeness (QED) is 0.664. The molecular weight excluding hydrogens is 263 g/mol. The lowest BCUT2D eigenvalue weighted by molar-refractivity contribution is 0.561. The summed E-state index contributed by atoms with van der Waals surface area (Å²) in [7, 11) is 0. The number of nitrogens with zero attached hydrogens (tertiary/aromatic N) is 1. The second-order valence-corrected chi connectivity index (χ2v) is 7.41. The van der Waals surface area contributed by atoms with E-state index in [-0.39, 0.29) is 5.82 Å². The van der Waals surface area contributed by atoms with E-state index in [0.717, 1.165) is 11.2 Å². The molecule has 19 heavy (non-hydrogen) atoms. The number of halogens is 1. The molecule has 102 valence electrons. The number of rotatable bonds is 2. The number of H-pyrrole nitrogens is 1.